The molecular weight excluding hydrogens is 420 g/mol. The lowest BCUT2D eigenvalue weighted by Crippen LogP contribution is -2.51. The van der Waals surface area contributed by atoms with E-state index in [-0.39, 0.29) is 11.9 Å². The third kappa shape index (κ3) is 4.94. The monoisotopic (exact) mass is 446 g/mol. The third-order valence-electron chi connectivity index (χ3n) is 5.58. The van der Waals surface area contributed by atoms with Crippen LogP contribution in [0, 0.1) is 6.92 Å². The molecule has 166 valence electrons. The Bertz CT molecular complexity index is 914. The molecule has 1 saturated heterocycles. The van der Waals surface area contributed by atoms with Gasteiger partial charge in [0.05, 0.1) is 21.3 Å². The summed E-state index contributed by atoms with van der Waals surface area (Å²) in [7, 11) is 4.51. The molecule has 0 aromatic heterocycles. The summed E-state index contributed by atoms with van der Waals surface area (Å²) in [6.07, 6.45) is 0. The van der Waals surface area contributed by atoms with Gasteiger partial charge >= 0.3 is 5.97 Å². The van der Waals surface area contributed by atoms with Crippen molar-refractivity contribution in [3.8, 4) is 11.5 Å². The third-order valence-corrected chi connectivity index (χ3v) is 5.83. The quantitative estimate of drug-likeness (QED) is 0.634. The normalized spacial score (nSPS) is 15.3. The first-order valence-electron chi connectivity index (χ1n) is 9.98. The zero-order chi connectivity index (χ0) is 22.5. The zero-order valence-corrected chi connectivity index (χ0v) is 18.9. The number of piperazine rings is 1. The lowest BCUT2D eigenvalue weighted by Gasteiger charge is -2.38. The maximum absolute atomic E-state index is 13.1. The summed E-state index contributed by atoms with van der Waals surface area (Å²) in [5.74, 6) is 0.775. The average molecular weight is 447 g/mol. The molecule has 2 aromatic rings. The van der Waals surface area contributed by atoms with Gasteiger partial charge < -0.3 is 19.1 Å². The number of methoxy groups -OCH3 is 3. The highest BCUT2D eigenvalue weighted by molar-refractivity contribution is 6.30. The Balaban J connectivity index is 1.75. The SMILES string of the molecule is COC(=O)C(c1ccc(Cl)cc1)N1CCN(C(=O)c2cc(OC)c(C)c(OC)c2)CC1. The number of carbonyl (C=O) groups is 2. The van der Waals surface area contributed by atoms with Crippen LogP contribution in [-0.2, 0) is 9.53 Å². The van der Waals surface area contributed by atoms with Crippen molar-refractivity contribution in [3.05, 3.63) is 58.1 Å². The van der Waals surface area contributed by atoms with Crippen molar-refractivity contribution in [2.24, 2.45) is 0 Å². The van der Waals surface area contributed by atoms with Gasteiger partial charge in [-0.25, -0.2) is 4.79 Å². The van der Waals surface area contributed by atoms with Gasteiger partial charge in [-0.05, 0) is 36.8 Å². The van der Waals surface area contributed by atoms with E-state index < -0.39 is 6.04 Å². The predicted molar refractivity (Wildman–Crippen MR) is 118 cm³/mol. The molecule has 0 bridgehead atoms. The molecule has 0 saturated carbocycles. The van der Waals surface area contributed by atoms with Crippen molar-refractivity contribution in [1.29, 1.82) is 0 Å². The summed E-state index contributed by atoms with van der Waals surface area (Å²) in [5.41, 5.74) is 2.16. The predicted octanol–water partition coefficient (Wildman–Crippen LogP) is 3.34. The maximum Gasteiger partial charge on any atom is 0.327 e. The van der Waals surface area contributed by atoms with E-state index in [0.717, 1.165) is 11.1 Å². The van der Waals surface area contributed by atoms with Gasteiger partial charge in [0.25, 0.3) is 5.91 Å². The molecule has 7 nitrogen and oxygen atoms in total. The van der Waals surface area contributed by atoms with Crippen LogP contribution in [-0.4, -0.2) is 69.2 Å². The number of benzene rings is 2. The van der Waals surface area contributed by atoms with E-state index in [4.69, 9.17) is 25.8 Å². The molecule has 0 spiro atoms. The first-order chi connectivity index (χ1) is 14.9. The molecule has 0 N–H and O–H groups in total. The molecule has 31 heavy (non-hydrogen) atoms. The molecule has 1 aliphatic rings. The second-order valence-electron chi connectivity index (χ2n) is 7.31. The molecule has 2 aromatic carbocycles. The molecular formula is C23H27ClN2O5. The minimum absolute atomic E-state index is 0.0997. The minimum Gasteiger partial charge on any atom is -0.496 e. The average Bonchev–Trinajstić information content (AvgIpc) is 2.80. The van der Waals surface area contributed by atoms with Gasteiger partial charge in [0.2, 0.25) is 0 Å². The second kappa shape index (κ2) is 10.0. The van der Waals surface area contributed by atoms with Crippen LogP contribution in [0.3, 0.4) is 0 Å². The molecule has 1 heterocycles. The fourth-order valence-corrected chi connectivity index (χ4v) is 3.95. The number of ether oxygens (including phenoxy) is 3. The smallest absolute Gasteiger partial charge is 0.327 e. The van der Waals surface area contributed by atoms with E-state index in [9.17, 15) is 9.59 Å². The number of hydrogen-bond donors (Lipinski definition) is 0. The minimum atomic E-state index is -0.543. The number of amides is 1. The molecule has 1 aliphatic heterocycles. The van der Waals surface area contributed by atoms with Crippen molar-refractivity contribution in [2.45, 2.75) is 13.0 Å². The number of esters is 1. The van der Waals surface area contributed by atoms with Crippen LogP contribution in [0.5, 0.6) is 11.5 Å². The van der Waals surface area contributed by atoms with E-state index in [0.29, 0.717) is 48.3 Å². The molecule has 3 rings (SSSR count). The highest BCUT2D eigenvalue weighted by Gasteiger charge is 2.33. The zero-order valence-electron chi connectivity index (χ0n) is 18.2. The van der Waals surface area contributed by atoms with Crippen LogP contribution < -0.4 is 9.47 Å². The van der Waals surface area contributed by atoms with Gasteiger partial charge in [-0.1, -0.05) is 23.7 Å². The van der Waals surface area contributed by atoms with E-state index >= 15 is 0 Å². The number of nitrogens with zero attached hydrogens (tertiary/aromatic N) is 2. The van der Waals surface area contributed by atoms with Gasteiger partial charge in [0.15, 0.2) is 0 Å². The Morgan fingerprint density at radius 2 is 1.48 bits per heavy atom. The van der Waals surface area contributed by atoms with Crippen LogP contribution in [0.15, 0.2) is 36.4 Å². The molecule has 1 atom stereocenters. The fourth-order valence-electron chi connectivity index (χ4n) is 3.83. The second-order valence-corrected chi connectivity index (χ2v) is 7.75. The first-order valence-corrected chi connectivity index (χ1v) is 10.4. The lowest BCUT2D eigenvalue weighted by atomic mass is 10.0. The maximum atomic E-state index is 13.1. The number of hydrogen-bond acceptors (Lipinski definition) is 6. The van der Waals surface area contributed by atoms with Crippen LogP contribution >= 0.6 is 11.6 Å². The number of carbonyl (C=O) groups excluding carboxylic acids is 2. The lowest BCUT2D eigenvalue weighted by molar-refractivity contribution is -0.148. The molecule has 1 unspecified atom stereocenters. The summed E-state index contributed by atoms with van der Waals surface area (Å²) in [4.78, 5) is 29.4. The van der Waals surface area contributed by atoms with Crippen LogP contribution in [0.1, 0.15) is 27.5 Å². The Labute approximate surface area is 187 Å². The molecule has 0 radical (unpaired) electrons. The fraction of sp³-hybridized carbons (Fsp3) is 0.391. The van der Waals surface area contributed by atoms with Crippen LogP contribution in [0.2, 0.25) is 5.02 Å². The Morgan fingerprint density at radius 1 is 0.935 bits per heavy atom. The molecule has 0 aliphatic carbocycles. The van der Waals surface area contributed by atoms with E-state index in [1.54, 1.807) is 43.4 Å². The summed E-state index contributed by atoms with van der Waals surface area (Å²) in [5, 5.41) is 0.603. The van der Waals surface area contributed by atoms with Gasteiger partial charge in [0, 0.05) is 42.3 Å². The Morgan fingerprint density at radius 3 is 1.97 bits per heavy atom. The molecule has 1 amide bonds. The number of halogens is 1. The highest BCUT2D eigenvalue weighted by atomic mass is 35.5. The summed E-state index contributed by atoms with van der Waals surface area (Å²) in [6, 6.07) is 10.1. The first kappa shape index (κ1) is 22.9. The Hall–Kier alpha value is -2.77. The Kier molecular flexibility index (Phi) is 7.41. The molecule has 1 fully saturated rings. The van der Waals surface area contributed by atoms with Crippen molar-refractivity contribution in [3.63, 3.8) is 0 Å². The van der Waals surface area contributed by atoms with Crippen molar-refractivity contribution in [1.82, 2.24) is 9.80 Å². The van der Waals surface area contributed by atoms with E-state index in [1.807, 2.05) is 24.0 Å². The highest BCUT2D eigenvalue weighted by Crippen LogP contribution is 2.31. The van der Waals surface area contributed by atoms with E-state index in [2.05, 4.69) is 0 Å². The van der Waals surface area contributed by atoms with Gasteiger partial charge in [-0.3, -0.25) is 9.69 Å². The van der Waals surface area contributed by atoms with Crippen molar-refractivity contribution < 1.29 is 23.8 Å². The summed E-state index contributed by atoms with van der Waals surface area (Å²) in [6.45, 7) is 3.92. The van der Waals surface area contributed by atoms with Crippen LogP contribution in [0.4, 0.5) is 0 Å². The van der Waals surface area contributed by atoms with Crippen LogP contribution in [0.25, 0.3) is 0 Å². The standard InChI is InChI=1S/C23H27ClN2O5/c1-15-19(29-2)13-17(14-20(15)30-3)22(27)26-11-9-25(10-12-26)21(23(28)31-4)16-5-7-18(24)8-6-16/h5-8,13-14,21H,9-12H2,1-4H3. The topological polar surface area (TPSA) is 68.3 Å². The summed E-state index contributed by atoms with van der Waals surface area (Å²) < 4.78 is 15.8. The van der Waals surface area contributed by atoms with Crippen molar-refractivity contribution in [2.75, 3.05) is 47.5 Å². The largest absolute Gasteiger partial charge is 0.496 e. The molecule has 8 heteroatoms. The summed E-state index contributed by atoms with van der Waals surface area (Å²) >= 11 is 5.99. The van der Waals surface area contributed by atoms with Gasteiger partial charge in [-0.2, -0.15) is 0 Å². The van der Waals surface area contributed by atoms with Crippen molar-refractivity contribution >= 4 is 23.5 Å². The van der Waals surface area contributed by atoms with Gasteiger partial charge in [0.1, 0.15) is 17.5 Å². The number of rotatable bonds is 6. The van der Waals surface area contributed by atoms with Gasteiger partial charge in [-0.15, -0.1) is 0 Å². The van der Waals surface area contributed by atoms with E-state index in [1.165, 1.54) is 7.11 Å².